The molecule has 0 saturated carbocycles. The summed E-state index contributed by atoms with van der Waals surface area (Å²) in [5, 5.41) is 11.2. The number of nitro groups is 1. The molecule has 1 saturated heterocycles. The van der Waals surface area contributed by atoms with Crippen molar-refractivity contribution in [1.82, 2.24) is 0 Å². The normalized spacial score (nSPS) is 17.3. The number of aryl methyl sites for hydroxylation is 1. The van der Waals surface area contributed by atoms with Crippen molar-refractivity contribution in [3.05, 3.63) is 63.7 Å². The SMILES string of the molecule is CC[C@H](C)c1ccccc1OC(=O)[C@@H]1CC(=O)N(c2ccc(C)c([N+](=O)[O-])c2)C1. The Morgan fingerprint density at radius 2 is 2.03 bits per heavy atom. The first kappa shape index (κ1) is 20.5. The molecule has 0 aromatic heterocycles. The van der Waals surface area contributed by atoms with E-state index in [0.717, 1.165) is 12.0 Å². The van der Waals surface area contributed by atoms with Gasteiger partial charge in [-0.2, -0.15) is 0 Å². The van der Waals surface area contributed by atoms with E-state index in [2.05, 4.69) is 13.8 Å². The molecule has 1 heterocycles. The van der Waals surface area contributed by atoms with Crippen molar-refractivity contribution in [1.29, 1.82) is 0 Å². The van der Waals surface area contributed by atoms with Gasteiger partial charge in [0, 0.05) is 24.6 Å². The summed E-state index contributed by atoms with van der Waals surface area (Å²) < 4.78 is 5.64. The number of carbonyl (C=O) groups is 2. The van der Waals surface area contributed by atoms with Crippen molar-refractivity contribution in [3.63, 3.8) is 0 Å². The van der Waals surface area contributed by atoms with Crippen molar-refractivity contribution in [2.45, 2.75) is 39.5 Å². The molecule has 0 radical (unpaired) electrons. The highest BCUT2D eigenvalue weighted by atomic mass is 16.6. The second-order valence-corrected chi connectivity index (χ2v) is 7.40. The fraction of sp³-hybridized carbons (Fsp3) is 0.364. The third-order valence-corrected chi connectivity index (χ3v) is 5.43. The van der Waals surface area contributed by atoms with Crippen LogP contribution in [-0.2, 0) is 9.59 Å². The zero-order valence-electron chi connectivity index (χ0n) is 16.8. The monoisotopic (exact) mass is 396 g/mol. The van der Waals surface area contributed by atoms with Crippen molar-refractivity contribution < 1.29 is 19.2 Å². The molecular weight excluding hydrogens is 372 g/mol. The first-order valence-corrected chi connectivity index (χ1v) is 9.67. The number of nitrogens with zero attached hydrogens (tertiary/aromatic N) is 2. The Bertz CT molecular complexity index is 956. The molecule has 1 aliphatic rings. The van der Waals surface area contributed by atoms with Gasteiger partial charge in [0.15, 0.2) is 0 Å². The molecule has 1 aliphatic heterocycles. The maximum absolute atomic E-state index is 12.7. The largest absolute Gasteiger partial charge is 0.426 e. The molecule has 3 rings (SSSR count). The first-order valence-electron chi connectivity index (χ1n) is 9.67. The van der Waals surface area contributed by atoms with Crippen LogP contribution < -0.4 is 9.64 Å². The highest BCUT2D eigenvalue weighted by molar-refractivity contribution is 6.00. The topological polar surface area (TPSA) is 89.8 Å². The molecule has 1 fully saturated rings. The van der Waals surface area contributed by atoms with Crippen LogP contribution in [0.15, 0.2) is 42.5 Å². The maximum atomic E-state index is 12.7. The van der Waals surface area contributed by atoms with Crippen molar-refractivity contribution in [2.24, 2.45) is 5.92 Å². The molecule has 0 aliphatic carbocycles. The van der Waals surface area contributed by atoms with Gasteiger partial charge in [0.05, 0.1) is 16.5 Å². The van der Waals surface area contributed by atoms with Crippen LogP contribution in [0.1, 0.15) is 43.7 Å². The average Bonchev–Trinajstić information content (AvgIpc) is 3.10. The van der Waals surface area contributed by atoms with Crippen molar-refractivity contribution in [3.8, 4) is 5.75 Å². The van der Waals surface area contributed by atoms with Gasteiger partial charge in [0.2, 0.25) is 5.91 Å². The van der Waals surface area contributed by atoms with E-state index in [-0.39, 0.29) is 30.5 Å². The minimum atomic E-state index is -0.618. The second kappa shape index (κ2) is 8.43. The van der Waals surface area contributed by atoms with Gasteiger partial charge in [0.25, 0.3) is 5.69 Å². The van der Waals surface area contributed by atoms with E-state index < -0.39 is 16.8 Å². The quantitative estimate of drug-likeness (QED) is 0.313. The highest BCUT2D eigenvalue weighted by Gasteiger charge is 2.37. The van der Waals surface area contributed by atoms with E-state index in [1.807, 2.05) is 18.2 Å². The number of anilines is 1. The fourth-order valence-corrected chi connectivity index (χ4v) is 3.47. The molecular formula is C22H24N2O5. The smallest absolute Gasteiger partial charge is 0.316 e. The molecule has 0 spiro atoms. The van der Waals surface area contributed by atoms with Gasteiger partial charge in [-0.1, -0.05) is 38.1 Å². The number of hydrogen-bond donors (Lipinski definition) is 0. The van der Waals surface area contributed by atoms with Crippen LogP contribution in [0.2, 0.25) is 0 Å². The molecule has 29 heavy (non-hydrogen) atoms. The first-order chi connectivity index (χ1) is 13.8. The zero-order chi connectivity index (χ0) is 21.1. The van der Waals surface area contributed by atoms with Crippen LogP contribution >= 0.6 is 0 Å². The van der Waals surface area contributed by atoms with Crippen molar-refractivity contribution in [2.75, 3.05) is 11.4 Å². The molecule has 1 amide bonds. The molecule has 2 aromatic carbocycles. The summed E-state index contributed by atoms with van der Waals surface area (Å²) in [6, 6.07) is 12.1. The number of benzene rings is 2. The fourth-order valence-electron chi connectivity index (χ4n) is 3.47. The molecule has 0 unspecified atom stereocenters. The second-order valence-electron chi connectivity index (χ2n) is 7.40. The molecule has 2 aromatic rings. The Hall–Kier alpha value is -3.22. The van der Waals surface area contributed by atoms with Gasteiger partial charge in [-0.15, -0.1) is 0 Å². The van der Waals surface area contributed by atoms with E-state index in [9.17, 15) is 19.7 Å². The summed E-state index contributed by atoms with van der Waals surface area (Å²) in [4.78, 5) is 37.3. The number of ether oxygens (including phenoxy) is 1. The summed E-state index contributed by atoms with van der Waals surface area (Å²) >= 11 is 0. The van der Waals surface area contributed by atoms with Gasteiger partial charge < -0.3 is 9.64 Å². The van der Waals surface area contributed by atoms with Gasteiger partial charge >= 0.3 is 5.97 Å². The van der Waals surface area contributed by atoms with Gasteiger partial charge in [-0.05, 0) is 37.0 Å². The average molecular weight is 396 g/mol. The lowest BCUT2D eigenvalue weighted by atomic mass is 9.98. The van der Waals surface area contributed by atoms with E-state index in [4.69, 9.17) is 4.74 Å². The Labute approximate surface area is 169 Å². The number of nitro benzene ring substituents is 1. The third kappa shape index (κ3) is 4.29. The predicted octanol–water partition coefficient (Wildman–Crippen LogP) is 4.38. The van der Waals surface area contributed by atoms with Gasteiger partial charge in [-0.25, -0.2) is 0 Å². The Kier molecular flexibility index (Phi) is 5.96. The standard InChI is InChI=1S/C22H24N2O5/c1-4-14(2)18-7-5-6-8-20(18)29-22(26)16-11-21(25)23(13-16)17-10-9-15(3)19(12-17)24(27)28/h5-10,12,14,16H,4,11,13H2,1-3H3/t14-,16+/m0/s1. The van der Waals surface area contributed by atoms with Crippen LogP contribution in [0.3, 0.4) is 0 Å². The third-order valence-electron chi connectivity index (χ3n) is 5.43. The summed E-state index contributed by atoms with van der Waals surface area (Å²) in [7, 11) is 0. The van der Waals surface area contributed by atoms with E-state index >= 15 is 0 Å². The Morgan fingerprint density at radius 3 is 2.72 bits per heavy atom. The predicted molar refractivity (Wildman–Crippen MR) is 109 cm³/mol. The van der Waals surface area contributed by atoms with E-state index in [1.54, 1.807) is 25.1 Å². The number of rotatable bonds is 6. The van der Waals surface area contributed by atoms with E-state index in [0.29, 0.717) is 17.0 Å². The van der Waals surface area contributed by atoms with Crippen LogP contribution in [0.4, 0.5) is 11.4 Å². The minimum Gasteiger partial charge on any atom is -0.426 e. The number of amides is 1. The number of hydrogen-bond acceptors (Lipinski definition) is 5. The van der Waals surface area contributed by atoms with Crippen LogP contribution in [0, 0.1) is 23.0 Å². The summed E-state index contributed by atoms with van der Waals surface area (Å²) in [5.74, 6) is -0.566. The molecule has 2 atom stereocenters. The minimum absolute atomic E-state index is 0.0198. The van der Waals surface area contributed by atoms with Gasteiger partial charge in [0.1, 0.15) is 5.75 Å². The highest BCUT2D eigenvalue weighted by Crippen LogP contribution is 2.32. The molecule has 7 nitrogen and oxygen atoms in total. The molecule has 152 valence electrons. The Morgan fingerprint density at radius 1 is 1.31 bits per heavy atom. The number of para-hydroxylation sites is 1. The van der Waals surface area contributed by atoms with E-state index in [1.165, 1.54) is 11.0 Å². The number of esters is 1. The van der Waals surface area contributed by atoms with Crippen LogP contribution in [0.5, 0.6) is 5.75 Å². The zero-order valence-corrected chi connectivity index (χ0v) is 16.8. The van der Waals surface area contributed by atoms with Crippen molar-refractivity contribution >= 4 is 23.3 Å². The lowest BCUT2D eigenvalue weighted by Gasteiger charge is -2.18. The van der Waals surface area contributed by atoms with Crippen LogP contribution in [-0.4, -0.2) is 23.3 Å². The number of carbonyl (C=O) groups excluding carboxylic acids is 2. The summed E-state index contributed by atoms with van der Waals surface area (Å²) in [5.41, 5.74) is 1.84. The summed E-state index contributed by atoms with van der Waals surface area (Å²) in [6.45, 7) is 5.92. The molecule has 0 bridgehead atoms. The Balaban J connectivity index is 1.77. The maximum Gasteiger partial charge on any atom is 0.316 e. The lowest BCUT2D eigenvalue weighted by molar-refractivity contribution is -0.385. The summed E-state index contributed by atoms with van der Waals surface area (Å²) in [6.07, 6.45) is 0.933. The molecule has 0 N–H and O–H groups in total. The lowest BCUT2D eigenvalue weighted by Crippen LogP contribution is -2.27. The van der Waals surface area contributed by atoms with Gasteiger partial charge in [-0.3, -0.25) is 19.7 Å². The molecule has 7 heteroatoms. The van der Waals surface area contributed by atoms with Crippen LogP contribution in [0.25, 0.3) is 0 Å².